The van der Waals surface area contributed by atoms with Gasteiger partial charge in [0.05, 0.1) is 19.3 Å². The minimum absolute atomic E-state index is 0.0156. The van der Waals surface area contributed by atoms with Gasteiger partial charge in [0.15, 0.2) is 0 Å². The van der Waals surface area contributed by atoms with Gasteiger partial charge >= 0.3 is 0 Å². The smallest absolute Gasteiger partial charge is 0.222 e. The molecule has 0 saturated heterocycles. The molecular weight excluding hydrogens is 316 g/mol. The molecule has 0 aliphatic heterocycles. The molecule has 1 amide bonds. The van der Waals surface area contributed by atoms with Crippen molar-refractivity contribution in [2.45, 2.75) is 25.9 Å². The van der Waals surface area contributed by atoms with E-state index >= 15 is 0 Å². The second-order valence-electron chi connectivity index (χ2n) is 5.22. The Morgan fingerprint density at radius 1 is 1.48 bits per heavy atom. The van der Waals surface area contributed by atoms with Crippen molar-refractivity contribution in [3.8, 4) is 5.75 Å². The van der Waals surface area contributed by atoms with Crippen molar-refractivity contribution in [3.05, 3.63) is 41.7 Å². The van der Waals surface area contributed by atoms with Gasteiger partial charge in [0.2, 0.25) is 5.91 Å². The quantitative estimate of drug-likeness (QED) is 0.777. The summed E-state index contributed by atoms with van der Waals surface area (Å²) < 4.78 is 7.04. The van der Waals surface area contributed by atoms with Crippen LogP contribution in [0.25, 0.3) is 0 Å². The zero-order chi connectivity index (χ0) is 16.7. The first-order valence-corrected chi connectivity index (χ1v) is 7.80. The largest absolute Gasteiger partial charge is 0.495 e. The molecule has 0 radical (unpaired) electrons. The maximum absolute atomic E-state index is 12.0. The molecule has 0 saturated carbocycles. The molecule has 1 aromatic heterocycles. The number of carbonyl (C=O) groups excluding carboxylic acids is 1. The van der Waals surface area contributed by atoms with Gasteiger partial charge in [-0.3, -0.25) is 9.48 Å². The first-order chi connectivity index (χ1) is 11.1. The molecule has 124 valence electrons. The second kappa shape index (κ2) is 8.43. The number of rotatable bonds is 8. The van der Waals surface area contributed by atoms with Gasteiger partial charge in [-0.05, 0) is 31.2 Å². The van der Waals surface area contributed by atoms with Gasteiger partial charge in [0.1, 0.15) is 5.75 Å². The minimum Gasteiger partial charge on any atom is -0.495 e. The molecule has 0 aliphatic rings. The van der Waals surface area contributed by atoms with E-state index in [2.05, 4.69) is 15.7 Å². The van der Waals surface area contributed by atoms with Crippen molar-refractivity contribution >= 4 is 23.2 Å². The molecule has 0 bridgehead atoms. The summed E-state index contributed by atoms with van der Waals surface area (Å²) in [5, 5.41) is 10.8. The van der Waals surface area contributed by atoms with Crippen LogP contribution in [-0.4, -0.2) is 35.4 Å². The molecular formula is C16H21ClN4O2. The van der Waals surface area contributed by atoms with E-state index in [1.807, 2.05) is 19.2 Å². The number of carbonyl (C=O) groups is 1. The first kappa shape index (κ1) is 17.1. The number of hydrogen-bond donors (Lipinski definition) is 2. The van der Waals surface area contributed by atoms with E-state index in [-0.39, 0.29) is 11.9 Å². The van der Waals surface area contributed by atoms with Crippen molar-refractivity contribution in [2.75, 3.05) is 19.0 Å². The van der Waals surface area contributed by atoms with Gasteiger partial charge in [-0.1, -0.05) is 11.6 Å². The average Bonchev–Trinajstić information content (AvgIpc) is 3.00. The third-order valence-electron chi connectivity index (χ3n) is 3.26. The van der Waals surface area contributed by atoms with Crippen LogP contribution in [0.4, 0.5) is 5.69 Å². The standard InChI is InChI=1S/C16H21ClN4O2/c1-12(11-21-9-3-7-19-21)20-16(22)6-8-18-14-10-13(17)4-5-15(14)23-2/h3-5,7,9-10,12,18H,6,8,11H2,1-2H3,(H,20,22)/t12-/m0/s1. The normalized spacial score (nSPS) is 11.8. The Labute approximate surface area is 140 Å². The maximum Gasteiger partial charge on any atom is 0.222 e. The molecule has 2 aromatic rings. The van der Waals surface area contributed by atoms with Gasteiger partial charge in [-0.15, -0.1) is 0 Å². The highest BCUT2D eigenvalue weighted by Gasteiger charge is 2.09. The molecule has 0 unspecified atom stereocenters. The molecule has 0 aliphatic carbocycles. The molecule has 2 rings (SSSR count). The molecule has 0 spiro atoms. The van der Waals surface area contributed by atoms with Crippen molar-refractivity contribution < 1.29 is 9.53 Å². The fourth-order valence-corrected chi connectivity index (χ4v) is 2.38. The van der Waals surface area contributed by atoms with Crippen LogP contribution in [-0.2, 0) is 11.3 Å². The Kier molecular flexibility index (Phi) is 6.29. The summed E-state index contributed by atoms with van der Waals surface area (Å²) in [4.78, 5) is 12.0. The summed E-state index contributed by atoms with van der Waals surface area (Å²) in [6, 6.07) is 7.20. The zero-order valence-corrected chi connectivity index (χ0v) is 14.0. The molecule has 0 fully saturated rings. The van der Waals surface area contributed by atoms with E-state index in [4.69, 9.17) is 16.3 Å². The highest BCUT2D eigenvalue weighted by molar-refractivity contribution is 6.30. The van der Waals surface area contributed by atoms with E-state index in [0.717, 1.165) is 5.69 Å². The number of halogens is 1. The number of nitrogens with one attached hydrogen (secondary N) is 2. The zero-order valence-electron chi connectivity index (χ0n) is 13.3. The molecule has 1 heterocycles. The Morgan fingerprint density at radius 2 is 2.30 bits per heavy atom. The van der Waals surface area contributed by atoms with Crippen LogP contribution >= 0.6 is 11.6 Å². The number of ether oxygens (including phenoxy) is 1. The predicted octanol–water partition coefficient (Wildman–Crippen LogP) is 2.55. The highest BCUT2D eigenvalue weighted by atomic mass is 35.5. The molecule has 1 atom stereocenters. The van der Waals surface area contributed by atoms with Crippen LogP contribution in [0.3, 0.4) is 0 Å². The van der Waals surface area contributed by atoms with E-state index in [1.54, 1.807) is 36.2 Å². The Morgan fingerprint density at radius 3 is 3.00 bits per heavy atom. The van der Waals surface area contributed by atoms with Crippen molar-refractivity contribution in [1.82, 2.24) is 15.1 Å². The lowest BCUT2D eigenvalue weighted by molar-refractivity contribution is -0.121. The summed E-state index contributed by atoms with van der Waals surface area (Å²) >= 11 is 5.97. The lowest BCUT2D eigenvalue weighted by Gasteiger charge is -2.15. The summed E-state index contributed by atoms with van der Waals surface area (Å²) in [6.07, 6.45) is 3.95. The Balaban J connectivity index is 1.75. The van der Waals surface area contributed by atoms with E-state index in [0.29, 0.717) is 30.3 Å². The number of methoxy groups -OCH3 is 1. The average molecular weight is 337 g/mol. The van der Waals surface area contributed by atoms with Gasteiger partial charge in [0, 0.05) is 36.4 Å². The number of anilines is 1. The van der Waals surface area contributed by atoms with Crippen molar-refractivity contribution in [1.29, 1.82) is 0 Å². The van der Waals surface area contributed by atoms with E-state index in [1.165, 1.54) is 0 Å². The van der Waals surface area contributed by atoms with Crippen LogP contribution in [0.15, 0.2) is 36.7 Å². The number of aromatic nitrogens is 2. The molecule has 7 heteroatoms. The predicted molar refractivity (Wildman–Crippen MR) is 90.9 cm³/mol. The first-order valence-electron chi connectivity index (χ1n) is 7.42. The monoisotopic (exact) mass is 336 g/mol. The molecule has 1 aromatic carbocycles. The van der Waals surface area contributed by atoms with Crippen LogP contribution in [0.2, 0.25) is 5.02 Å². The van der Waals surface area contributed by atoms with Gasteiger partial charge in [-0.25, -0.2) is 0 Å². The summed E-state index contributed by atoms with van der Waals surface area (Å²) in [6.45, 7) is 3.10. The van der Waals surface area contributed by atoms with Crippen LogP contribution < -0.4 is 15.4 Å². The van der Waals surface area contributed by atoms with Gasteiger partial charge < -0.3 is 15.4 Å². The lowest BCUT2D eigenvalue weighted by atomic mass is 10.2. The van der Waals surface area contributed by atoms with Crippen LogP contribution in [0.1, 0.15) is 13.3 Å². The number of benzene rings is 1. The maximum atomic E-state index is 12.0. The van der Waals surface area contributed by atoms with Crippen molar-refractivity contribution in [3.63, 3.8) is 0 Å². The molecule has 23 heavy (non-hydrogen) atoms. The summed E-state index contributed by atoms with van der Waals surface area (Å²) in [5.74, 6) is 0.681. The van der Waals surface area contributed by atoms with E-state index < -0.39 is 0 Å². The third kappa shape index (κ3) is 5.49. The summed E-state index contributed by atoms with van der Waals surface area (Å²) in [5.41, 5.74) is 0.775. The number of amides is 1. The molecule has 6 nitrogen and oxygen atoms in total. The third-order valence-corrected chi connectivity index (χ3v) is 3.49. The fraction of sp³-hybridized carbons (Fsp3) is 0.375. The van der Waals surface area contributed by atoms with Crippen LogP contribution in [0.5, 0.6) is 5.75 Å². The lowest BCUT2D eigenvalue weighted by Crippen LogP contribution is -2.36. The summed E-state index contributed by atoms with van der Waals surface area (Å²) in [7, 11) is 1.60. The van der Waals surface area contributed by atoms with Crippen molar-refractivity contribution in [2.24, 2.45) is 0 Å². The Hall–Kier alpha value is -2.21. The topological polar surface area (TPSA) is 68.2 Å². The Bertz CT molecular complexity index is 631. The molecule has 2 N–H and O–H groups in total. The highest BCUT2D eigenvalue weighted by Crippen LogP contribution is 2.27. The van der Waals surface area contributed by atoms with Gasteiger partial charge in [-0.2, -0.15) is 5.10 Å². The number of nitrogens with zero attached hydrogens (tertiary/aromatic N) is 2. The SMILES string of the molecule is COc1ccc(Cl)cc1NCCC(=O)N[C@@H](C)Cn1cccn1. The van der Waals surface area contributed by atoms with Crippen LogP contribution in [0, 0.1) is 0 Å². The van der Waals surface area contributed by atoms with E-state index in [9.17, 15) is 4.79 Å². The van der Waals surface area contributed by atoms with Gasteiger partial charge in [0.25, 0.3) is 0 Å². The minimum atomic E-state index is -0.0156. The fourth-order valence-electron chi connectivity index (χ4n) is 2.21. The number of hydrogen-bond acceptors (Lipinski definition) is 4. The second-order valence-corrected chi connectivity index (χ2v) is 5.65.